The van der Waals surface area contributed by atoms with Crippen LogP contribution in [-0.4, -0.2) is 23.1 Å². The second kappa shape index (κ2) is 7.03. The quantitative estimate of drug-likeness (QED) is 0.458. The Bertz CT molecular complexity index is 726. The van der Waals surface area contributed by atoms with Crippen LogP contribution in [0.5, 0.6) is 5.75 Å². The smallest absolute Gasteiger partial charge is 0.329 e. The van der Waals surface area contributed by atoms with E-state index >= 15 is 0 Å². The van der Waals surface area contributed by atoms with Crippen molar-refractivity contribution in [2.75, 3.05) is 5.32 Å². The van der Waals surface area contributed by atoms with Crippen molar-refractivity contribution in [3.63, 3.8) is 0 Å². The van der Waals surface area contributed by atoms with Crippen LogP contribution in [0.3, 0.4) is 0 Å². The number of anilines is 1. The zero-order valence-corrected chi connectivity index (χ0v) is 11.9. The molecular weight excluding hydrogens is 282 g/mol. The number of nitrogens with one attached hydrogen (secondary N) is 2. The van der Waals surface area contributed by atoms with Crippen LogP contribution in [0.25, 0.3) is 0 Å². The Kier molecular flexibility index (Phi) is 4.87. The summed E-state index contributed by atoms with van der Waals surface area (Å²) < 4.78 is 0. The number of hydrogen-bond donors (Lipinski definition) is 3. The standard InChI is InChI=1S/C16H15N3O3/c1-11-4-2-6-13(8-11)18-15(21)16(22)19-17-10-12-5-3-7-14(20)9-12/h2-10,20H,1H3,(H,18,21)(H,19,22)/b17-10+. The Labute approximate surface area is 127 Å². The van der Waals surface area contributed by atoms with Gasteiger partial charge in [-0.15, -0.1) is 0 Å². The van der Waals surface area contributed by atoms with Gasteiger partial charge in [0.25, 0.3) is 0 Å². The van der Waals surface area contributed by atoms with Gasteiger partial charge in [-0.25, -0.2) is 5.43 Å². The molecule has 6 heteroatoms. The number of carbonyl (C=O) groups is 2. The van der Waals surface area contributed by atoms with Gasteiger partial charge >= 0.3 is 11.8 Å². The van der Waals surface area contributed by atoms with E-state index in [9.17, 15) is 14.7 Å². The lowest BCUT2D eigenvalue weighted by atomic mass is 10.2. The number of rotatable bonds is 3. The Balaban J connectivity index is 1.90. The number of aryl methyl sites for hydroxylation is 1. The molecule has 0 aliphatic heterocycles. The molecule has 0 unspecified atom stereocenters. The highest BCUT2D eigenvalue weighted by Gasteiger charge is 2.12. The molecule has 0 aliphatic carbocycles. The van der Waals surface area contributed by atoms with Gasteiger partial charge in [0, 0.05) is 5.69 Å². The topological polar surface area (TPSA) is 90.8 Å². The van der Waals surface area contributed by atoms with Crippen molar-refractivity contribution in [2.45, 2.75) is 6.92 Å². The number of nitrogens with zero attached hydrogens (tertiary/aromatic N) is 1. The summed E-state index contributed by atoms with van der Waals surface area (Å²) in [5.41, 5.74) is 4.23. The molecule has 0 radical (unpaired) electrons. The number of amides is 2. The molecule has 3 N–H and O–H groups in total. The van der Waals surface area contributed by atoms with Gasteiger partial charge in [-0.1, -0.05) is 24.3 Å². The highest BCUT2D eigenvalue weighted by molar-refractivity contribution is 6.39. The van der Waals surface area contributed by atoms with Crippen LogP contribution in [0.2, 0.25) is 0 Å². The third kappa shape index (κ3) is 4.45. The molecule has 0 atom stereocenters. The summed E-state index contributed by atoms with van der Waals surface area (Å²) in [7, 11) is 0. The van der Waals surface area contributed by atoms with E-state index in [2.05, 4.69) is 15.8 Å². The predicted octanol–water partition coefficient (Wildman–Crippen LogP) is 1.79. The lowest BCUT2D eigenvalue weighted by Crippen LogP contribution is -2.32. The molecule has 0 fully saturated rings. The van der Waals surface area contributed by atoms with Crippen LogP contribution >= 0.6 is 0 Å². The molecule has 0 aromatic heterocycles. The third-order valence-electron chi connectivity index (χ3n) is 2.73. The van der Waals surface area contributed by atoms with Crippen LogP contribution in [0.4, 0.5) is 5.69 Å². The van der Waals surface area contributed by atoms with E-state index in [0.29, 0.717) is 11.3 Å². The Hall–Kier alpha value is -3.15. The molecule has 0 bridgehead atoms. The lowest BCUT2D eigenvalue weighted by molar-refractivity contribution is -0.136. The summed E-state index contributed by atoms with van der Waals surface area (Å²) in [5, 5.41) is 15.4. The first-order valence-electron chi connectivity index (χ1n) is 6.55. The number of phenolic OH excluding ortho intramolecular Hbond substituents is 1. The number of benzene rings is 2. The number of aromatic hydroxyl groups is 1. The molecule has 0 spiro atoms. The van der Waals surface area contributed by atoms with Gasteiger partial charge in [-0.05, 0) is 42.3 Å². The maximum atomic E-state index is 11.7. The summed E-state index contributed by atoms with van der Waals surface area (Å²) in [6.45, 7) is 1.88. The van der Waals surface area contributed by atoms with Crippen LogP contribution in [0.15, 0.2) is 53.6 Å². The first-order chi connectivity index (χ1) is 10.5. The van der Waals surface area contributed by atoms with E-state index in [1.54, 1.807) is 30.3 Å². The second-order valence-electron chi connectivity index (χ2n) is 4.62. The van der Waals surface area contributed by atoms with Crippen LogP contribution in [-0.2, 0) is 9.59 Å². The summed E-state index contributed by atoms with van der Waals surface area (Å²) in [5.74, 6) is -1.59. The maximum absolute atomic E-state index is 11.7. The predicted molar refractivity (Wildman–Crippen MR) is 83.7 cm³/mol. The number of hydrazone groups is 1. The van der Waals surface area contributed by atoms with Gasteiger partial charge < -0.3 is 10.4 Å². The van der Waals surface area contributed by atoms with Gasteiger partial charge in [0.15, 0.2) is 0 Å². The van der Waals surface area contributed by atoms with Crippen LogP contribution in [0, 0.1) is 6.92 Å². The van der Waals surface area contributed by atoms with Gasteiger partial charge in [0.1, 0.15) is 5.75 Å². The normalized spacial score (nSPS) is 10.4. The minimum absolute atomic E-state index is 0.0902. The monoisotopic (exact) mass is 297 g/mol. The molecule has 2 rings (SSSR count). The maximum Gasteiger partial charge on any atom is 0.329 e. The number of phenols is 1. The minimum Gasteiger partial charge on any atom is -0.508 e. The SMILES string of the molecule is Cc1cccc(NC(=O)C(=O)N/N=C/c2cccc(O)c2)c1. The fourth-order valence-electron chi connectivity index (χ4n) is 1.73. The molecule has 2 aromatic rings. The van der Waals surface area contributed by atoms with E-state index in [0.717, 1.165) is 5.56 Å². The molecule has 0 aliphatic rings. The zero-order valence-electron chi connectivity index (χ0n) is 11.9. The van der Waals surface area contributed by atoms with E-state index < -0.39 is 11.8 Å². The van der Waals surface area contributed by atoms with Gasteiger partial charge in [-0.2, -0.15) is 5.10 Å². The zero-order chi connectivity index (χ0) is 15.9. The second-order valence-corrected chi connectivity index (χ2v) is 4.62. The van der Waals surface area contributed by atoms with Crippen molar-refractivity contribution in [1.82, 2.24) is 5.43 Å². The van der Waals surface area contributed by atoms with Gasteiger partial charge in [0.2, 0.25) is 0 Å². The summed E-state index contributed by atoms with van der Waals surface area (Å²) >= 11 is 0. The number of hydrogen-bond acceptors (Lipinski definition) is 4. The minimum atomic E-state index is -0.877. The average Bonchev–Trinajstić information content (AvgIpc) is 2.47. The Morgan fingerprint density at radius 3 is 2.59 bits per heavy atom. The highest BCUT2D eigenvalue weighted by atomic mass is 16.3. The largest absolute Gasteiger partial charge is 0.508 e. The lowest BCUT2D eigenvalue weighted by Gasteiger charge is -2.04. The molecule has 2 aromatic carbocycles. The first kappa shape index (κ1) is 15.2. The van der Waals surface area contributed by atoms with Crippen LogP contribution in [0.1, 0.15) is 11.1 Å². The molecule has 0 heterocycles. The van der Waals surface area contributed by atoms with Crippen molar-refractivity contribution in [1.29, 1.82) is 0 Å². The molecule has 0 saturated heterocycles. The van der Waals surface area contributed by atoms with Crippen molar-refractivity contribution in [2.24, 2.45) is 5.10 Å². The fourth-order valence-corrected chi connectivity index (χ4v) is 1.73. The Morgan fingerprint density at radius 1 is 1.09 bits per heavy atom. The van der Waals surface area contributed by atoms with Crippen molar-refractivity contribution >= 4 is 23.7 Å². The van der Waals surface area contributed by atoms with Gasteiger partial charge in [-0.3, -0.25) is 9.59 Å². The van der Waals surface area contributed by atoms with Crippen molar-refractivity contribution < 1.29 is 14.7 Å². The molecule has 2 amide bonds. The summed E-state index contributed by atoms with van der Waals surface area (Å²) in [6, 6.07) is 13.4. The van der Waals surface area contributed by atoms with Crippen molar-refractivity contribution in [3.05, 3.63) is 59.7 Å². The van der Waals surface area contributed by atoms with E-state index in [1.165, 1.54) is 18.3 Å². The van der Waals surface area contributed by atoms with E-state index in [1.807, 2.05) is 13.0 Å². The fraction of sp³-hybridized carbons (Fsp3) is 0.0625. The average molecular weight is 297 g/mol. The Morgan fingerprint density at radius 2 is 1.86 bits per heavy atom. The highest BCUT2D eigenvalue weighted by Crippen LogP contribution is 2.09. The van der Waals surface area contributed by atoms with Crippen LogP contribution < -0.4 is 10.7 Å². The molecule has 112 valence electrons. The first-order valence-corrected chi connectivity index (χ1v) is 6.55. The van der Waals surface area contributed by atoms with E-state index in [4.69, 9.17) is 0 Å². The summed E-state index contributed by atoms with van der Waals surface area (Å²) in [6.07, 6.45) is 1.33. The third-order valence-corrected chi connectivity index (χ3v) is 2.73. The molecule has 0 saturated carbocycles. The van der Waals surface area contributed by atoms with Gasteiger partial charge in [0.05, 0.1) is 6.21 Å². The van der Waals surface area contributed by atoms with E-state index in [-0.39, 0.29) is 5.75 Å². The molecular formula is C16H15N3O3. The molecule has 22 heavy (non-hydrogen) atoms. The summed E-state index contributed by atoms with van der Waals surface area (Å²) in [4.78, 5) is 23.3. The molecule has 6 nitrogen and oxygen atoms in total. The van der Waals surface area contributed by atoms with Crippen molar-refractivity contribution in [3.8, 4) is 5.75 Å². The number of carbonyl (C=O) groups excluding carboxylic acids is 2.